The molecule has 0 spiro atoms. The standard InChI is InChI=1S/C10H6N7O4S/c11-16-14-7-6-4(2-1-3-5(6)22(13,20)21)9(18)10(19)8(7)15-17-12/h1-3,12H,(H2,13,20,21)/q+1. The number of nitrogens with two attached hydrogens (primary N) is 1. The molecule has 110 valence electrons. The molecule has 11 nitrogen and oxygen atoms in total. The average Bonchev–Trinajstić information content (AvgIpc) is 2.46. The fourth-order valence-electron chi connectivity index (χ4n) is 1.94. The Morgan fingerprint density at radius 2 is 1.86 bits per heavy atom. The number of rotatable bonds is 2. The van der Waals surface area contributed by atoms with Crippen LogP contribution in [0.15, 0.2) is 48.1 Å². The van der Waals surface area contributed by atoms with E-state index in [4.69, 9.17) is 16.1 Å². The quantitative estimate of drug-likeness (QED) is 0.298. The highest BCUT2D eigenvalue weighted by molar-refractivity contribution is 7.89. The van der Waals surface area contributed by atoms with Crippen LogP contribution in [0.2, 0.25) is 0 Å². The van der Waals surface area contributed by atoms with Crippen molar-refractivity contribution in [2.75, 3.05) is 0 Å². The van der Waals surface area contributed by atoms with Crippen molar-refractivity contribution in [2.24, 2.45) is 20.6 Å². The maximum atomic E-state index is 12.0. The molecule has 0 fully saturated rings. The van der Waals surface area contributed by atoms with Gasteiger partial charge in [-0.25, -0.2) is 13.6 Å². The Kier molecular flexibility index (Phi) is 3.68. The minimum Gasteiger partial charge on any atom is -0.285 e. The van der Waals surface area contributed by atoms with Gasteiger partial charge in [-0.3, -0.25) is 9.59 Å². The molecule has 0 aliphatic carbocycles. The molecule has 0 saturated carbocycles. The van der Waals surface area contributed by atoms with Crippen LogP contribution in [0.25, 0.3) is 15.9 Å². The Bertz CT molecular complexity index is 1170. The lowest BCUT2D eigenvalue weighted by Gasteiger charge is -2.02. The van der Waals surface area contributed by atoms with Crippen LogP contribution in [0.3, 0.4) is 0 Å². The Labute approximate surface area is 120 Å². The summed E-state index contributed by atoms with van der Waals surface area (Å²) in [6, 6.07) is 3.49. The molecule has 0 unspecified atom stereocenters. The van der Waals surface area contributed by atoms with Gasteiger partial charge in [0.05, 0.1) is 4.90 Å². The van der Waals surface area contributed by atoms with Crippen molar-refractivity contribution in [3.63, 3.8) is 0 Å². The van der Waals surface area contributed by atoms with Gasteiger partial charge in [0.25, 0.3) is 10.8 Å². The summed E-state index contributed by atoms with van der Waals surface area (Å²) in [6.45, 7) is 0. The third-order valence-corrected chi connectivity index (χ3v) is 3.71. The summed E-state index contributed by atoms with van der Waals surface area (Å²) in [7, 11) is -4.27. The molecule has 2 aromatic carbocycles. The molecule has 3 N–H and O–H groups in total. The molecule has 2 rings (SSSR count). The Balaban J connectivity index is 3.46. The number of diazo groups is 1. The smallest absolute Gasteiger partial charge is 0.285 e. The molecule has 0 atom stereocenters. The van der Waals surface area contributed by atoms with Crippen LogP contribution in [0.1, 0.15) is 0 Å². The summed E-state index contributed by atoms with van der Waals surface area (Å²) in [5.41, 5.74) is 4.42. The number of primary sulfonamides is 1. The summed E-state index contributed by atoms with van der Waals surface area (Å²) in [6.07, 6.45) is 0. The predicted octanol–water partition coefficient (Wildman–Crippen LogP) is -1.40. The van der Waals surface area contributed by atoms with Crippen molar-refractivity contribution in [3.05, 3.63) is 54.4 Å². The molecule has 0 heterocycles. The summed E-state index contributed by atoms with van der Waals surface area (Å²) < 4.78 is 23.3. The SMILES string of the molecule is N#[N+]N=c1c(=NN=N)c(=O)c(=O)c2cccc(S(N)(=O)=O)c12. The fourth-order valence-corrected chi connectivity index (χ4v) is 2.70. The van der Waals surface area contributed by atoms with Crippen LogP contribution >= 0.6 is 0 Å². The molecular formula is C10H6N7O4S+. The first kappa shape index (κ1) is 15.2. The highest BCUT2D eigenvalue weighted by Crippen LogP contribution is 2.15. The van der Waals surface area contributed by atoms with Gasteiger partial charge >= 0.3 is 5.08 Å². The van der Waals surface area contributed by atoms with Crippen LogP contribution in [0, 0.1) is 10.9 Å². The van der Waals surface area contributed by atoms with Gasteiger partial charge in [0.15, 0.2) is 15.8 Å². The van der Waals surface area contributed by atoms with E-state index >= 15 is 0 Å². The number of nitrogens with one attached hydrogen (secondary N) is 1. The Morgan fingerprint density at radius 3 is 2.41 bits per heavy atom. The maximum absolute atomic E-state index is 12.0. The van der Waals surface area contributed by atoms with Gasteiger partial charge in [-0.05, 0) is 6.07 Å². The van der Waals surface area contributed by atoms with Gasteiger partial charge in [-0.15, -0.1) is 5.10 Å². The van der Waals surface area contributed by atoms with Crippen molar-refractivity contribution < 1.29 is 8.42 Å². The minimum atomic E-state index is -4.27. The second kappa shape index (κ2) is 5.31. The molecular weight excluding hydrogens is 314 g/mol. The largest absolute Gasteiger partial charge is 0.339 e. The monoisotopic (exact) mass is 320 g/mol. The minimum absolute atomic E-state index is 0.289. The van der Waals surface area contributed by atoms with Crippen LogP contribution < -0.4 is 26.7 Å². The van der Waals surface area contributed by atoms with E-state index in [1.807, 2.05) is 0 Å². The molecule has 2 aromatic rings. The highest BCUT2D eigenvalue weighted by atomic mass is 32.2. The van der Waals surface area contributed by atoms with E-state index in [0.29, 0.717) is 0 Å². The van der Waals surface area contributed by atoms with Crippen molar-refractivity contribution in [1.29, 1.82) is 10.9 Å². The normalized spacial score (nSPS) is 13.3. The van der Waals surface area contributed by atoms with E-state index < -0.39 is 36.5 Å². The maximum Gasteiger partial charge on any atom is 0.339 e. The van der Waals surface area contributed by atoms with Crippen LogP contribution in [-0.4, -0.2) is 8.42 Å². The summed E-state index contributed by atoms with van der Waals surface area (Å²) in [5, 5.41) is 23.2. The number of nitrogens with zero attached hydrogens (tertiary/aromatic N) is 5. The fraction of sp³-hybridized carbons (Fsp3) is 0. The van der Waals surface area contributed by atoms with Crippen molar-refractivity contribution >= 4 is 20.8 Å². The van der Waals surface area contributed by atoms with Crippen LogP contribution in [-0.2, 0) is 10.0 Å². The first-order valence-corrected chi connectivity index (χ1v) is 6.99. The molecule has 0 radical (unpaired) electrons. The molecule has 22 heavy (non-hydrogen) atoms. The lowest BCUT2D eigenvalue weighted by molar-refractivity contribution is 0.598. The number of benzene rings is 2. The average molecular weight is 320 g/mol. The number of hydrogen-bond acceptors (Lipinski definition) is 8. The summed E-state index contributed by atoms with van der Waals surface area (Å²) in [4.78, 5) is 23.4. The van der Waals surface area contributed by atoms with E-state index in [0.717, 1.165) is 6.07 Å². The van der Waals surface area contributed by atoms with Crippen molar-refractivity contribution in [2.45, 2.75) is 4.90 Å². The third kappa shape index (κ3) is 2.30. The number of fused-ring (bicyclic) bond motifs is 1. The van der Waals surface area contributed by atoms with Crippen molar-refractivity contribution in [3.8, 4) is 0 Å². The predicted molar refractivity (Wildman–Crippen MR) is 71.6 cm³/mol. The van der Waals surface area contributed by atoms with Gasteiger partial charge in [0.1, 0.15) is 0 Å². The van der Waals surface area contributed by atoms with E-state index in [9.17, 15) is 18.0 Å². The number of sulfonamides is 1. The Hall–Kier alpha value is -3.17. The highest BCUT2D eigenvalue weighted by Gasteiger charge is 2.20. The van der Waals surface area contributed by atoms with Gasteiger partial charge in [0.2, 0.25) is 15.5 Å². The van der Waals surface area contributed by atoms with Crippen molar-refractivity contribution in [1.82, 2.24) is 0 Å². The third-order valence-electron chi connectivity index (χ3n) is 2.75. The molecule has 12 heteroatoms. The first-order valence-electron chi connectivity index (χ1n) is 5.45. The lowest BCUT2D eigenvalue weighted by atomic mass is 10.1. The topological polar surface area (TPSA) is 183 Å². The van der Waals surface area contributed by atoms with E-state index in [-0.39, 0.29) is 10.8 Å². The second-order valence-corrected chi connectivity index (χ2v) is 5.50. The second-order valence-electron chi connectivity index (χ2n) is 3.97. The van der Waals surface area contributed by atoms with E-state index in [1.165, 1.54) is 12.1 Å². The van der Waals surface area contributed by atoms with Crippen LogP contribution in [0.5, 0.6) is 0 Å². The molecule has 0 bridgehead atoms. The van der Waals surface area contributed by atoms with Gasteiger partial charge in [-0.2, -0.15) is 5.53 Å². The zero-order valence-electron chi connectivity index (χ0n) is 10.6. The molecule has 0 aromatic heterocycles. The lowest BCUT2D eigenvalue weighted by Crippen LogP contribution is -2.48. The Morgan fingerprint density at radius 1 is 1.18 bits per heavy atom. The summed E-state index contributed by atoms with van der Waals surface area (Å²) in [5.74, 6) is 0. The number of hydrogen-bond donors (Lipinski definition) is 2. The van der Waals surface area contributed by atoms with Crippen LogP contribution in [0.4, 0.5) is 0 Å². The molecule has 0 aliphatic rings. The first-order chi connectivity index (χ1) is 10.3. The molecule has 0 saturated heterocycles. The zero-order valence-corrected chi connectivity index (χ0v) is 11.4. The molecule has 0 amide bonds. The van der Waals surface area contributed by atoms with Gasteiger partial charge in [-0.1, -0.05) is 17.4 Å². The van der Waals surface area contributed by atoms with Gasteiger partial charge < -0.3 is 0 Å². The van der Waals surface area contributed by atoms with E-state index in [1.54, 1.807) is 0 Å². The van der Waals surface area contributed by atoms with E-state index in [2.05, 4.69) is 20.5 Å². The summed E-state index contributed by atoms with van der Waals surface area (Å²) >= 11 is 0. The molecule has 0 aliphatic heterocycles. The van der Waals surface area contributed by atoms with Gasteiger partial charge in [0, 0.05) is 10.8 Å². The zero-order chi connectivity index (χ0) is 16.5.